The van der Waals surface area contributed by atoms with Gasteiger partial charge in [-0.15, -0.1) is 0 Å². The van der Waals surface area contributed by atoms with Gasteiger partial charge in [-0.3, -0.25) is 0 Å². The molecule has 0 amide bonds. The Bertz CT molecular complexity index is 845. The standard InChI is InChI=1S/C18H31NO12S/c1-16(2)12(19-32(26,27)28)14(23)17(3,11(6-20)31-16)7-29-8-18(4)13(22)9(21)5-10(30-18)15(24)25/h5,9,11-14,19-23H,6-8H2,1-4H3,(H,24,25)(H,26,27,28)/p-2/t9-,11?,12?,13?,14+,17+,18+/m0/s1. The zero-order chi connectivity index (χ0) is 24.7. The summed E-state index contributed by atoms with van der Waals surface area (Å²) in [4.78, 5) is 11.1. The van der Waals surface area contributed by atoms with Crippen molar-refractivity contribution in [2.24, 2.45) is 5.41 Å². The van der Waals surface area contributed by atoms with Gasteiger partial charge in [0.25, 0.3) is 0 Å². The average molecular weight is 483 g/mol. The van der Waals surface area contributed by atoms with Gasteiger partial charge in [0.1, 0.15) is 23.9 Å². The maximum Gasteiger partial charge on any atom is 0.159 e. The molecule has 0 aromatic heterocycles. The van der Waals surface area contributed by atoms with Crippen LogP contribution in [-0.2, 0) is 29.3 Å². The molecule has 1 fully saturated rings. The van der Waals surface area contributed by atoms with E-state index in [0.717, 1.165) is 6.08 Å². The summed E-state index contributed by atoms with van der Waals surface area (Å²) in [5.41, 5.74) is -4.53. The highest BCUT2D eigenvalue weighted by Crippen LogP contribution is 2.42. The van der Waals surface area contributed by atoms with E-state index < -0.39 is 88.9 Å². The largest absolute Gasteiger partial charge is 0.735 e. The van der Waals surface area contributed by atoms with E-state index >= 15 is 0 Å². The van der Waals surface area contributed by atoms with Gasteiger partial charge in [-0.25, -0.2) is 13.1 Å². The first-order chi connectivity index (χ1) is 14.5. The van der Waals surface area contributed by atoms with E-state index in [-0.39, 0.29) is 0 Å². The van der Waals surface area contributed by atoms with Crippen molar-refractivity contribution < 1.29 is 57.5 Å². The third kappa shape index (κ3) is 5.40. The Balaban J connectivity index is 2.22. The number of aliphatic hydroxyl groups is 4. The number of carbonyl (C=O) groups excluding carboxylic acids is 1. The van der Waals surface area contributed by atoms with Crippen molar-refractivity contribution in [3.05, 3.63) is 11.8 Å². The molecule has 7 atom stereocenters. The lowest BCUT2D eigenvalue weighted by Crippen LogP contribution is -2.70. The van der Waals surface area contributed by atoms with Crippen LogP contribution in [0.4, 0.5) is 0 Å². The Hall–Kier alpha value is -1.36. The zero-order valence-electron chi connectivity index (χ0n) is 18.0. The molecule has 32 heavy (non-hydrogen) atoms. The normalized spacial score (nSPS) is 39.8. The van der Waals surface area contributed by atoms with E-state index in [1.807, 2.05) is 0 Å². The molecule has 5 N–H and O–H groups in total. The summed E-state index contributed by atoms with van der Waals surface area (Å²) in [6.45, 7) is 4.14. The van der Waals surface area contributed by atoms with Crippen LogP contribution in [0.15, 0.2) is 11.8 Å². The Kier molecular flexibility index (Phi) is 7.66. The van der Waals surface area contributed by atoms with Crippen LogP contribution >= 0.6 is 0 Å². The summed E-state index contributed by atoms with van der Waals surface area (Å²) in [5.74, 6) is -2.40. The summed E-state index contributed by atoms with van der Waals surface area (Å²) in [6, 6.07) is -1.39. The van der Waals surface area contributed by atoms with Crippen molar-refractivity contribution >= 4 is 16.3 Å². The number of aliphatic hydroxyl groups excluding tert-OH is 4. The first-order valence-electron chi connectivity index (χ1n) is 9.73. The maximum atomic E-state index is 11.3. The van der Waals surface area contributed by atoms with Crippen molar-refractivity contribution in [2.75, 3.05) is 19.8 Å². The van der Waals surface area contributed by atoms with Crippen molar-refractivity contribution in [2.45, 2.75) is 69.4 Å². The fourth-order valence-electron chi connectivity index (χ4n) is 3.96. The van der Waals surface area contributed by atoms with Crippen LogP contribution in [-0.4, -0.2) is 101 Å². The molecule has 14 heteroatoms. The number of nitrogens with one attached hydrogen (secondary N) is 1. The van der Waals surface area contributed by atoms with Gasteiger partial charge >= 0.3 is 0 Å². The SMILES string of the molecule is CC1(C)OC(CO)[C@@](C)(COC[C@@]2(C)OC(C(=O)[O-])=C[C@H](O)C2O)[C@H](O)C1NS(=O)(=O)[O-]. The van der Waals surface area contributed by atoms with E-state index in [0.29, 0.717) is 0 Å². The number of carbonyl (C=O) groups is 1. The van der Waals surface area contributed by atoms with Gasteiger partial charge in [-0.2, -0.15) is 0 Å². The van der Waals surface area contributed by atoms with E-state index in [9.17, 15) is 43.3 Å². The molecule has 1 saturated heterocycles. The number of hydrogen-bond acceptors (Lipinski definition) is 12. The molecule has 0 radical (unpaired) electrons. The van der Waals surface area contributed by atoms with Crippen LogP contribution in [0.5, 0.6) is 0 Å². The van der Waals surface area contributed by atoms with E-state index in [1.54, 1.807) is 4.72 Å². The summed E-state index contributed by atoms with van der Waals surface area (Å²) in [5, 5.41) is 52.0. The first-order valence-corrected chi connectivity index (χ1v) is 11.1. The van der Waals surface area contributed by atoms with Crippen LogP contribution in [0.3, 0.4) is 0 Å². The molecule has 0 aromatic rings. The van der Waals surface area contributed by atoms with Crippen molar-refractivity contribution in [1.82, 2.24) is 4.72 Å². The molecule has 2 aliphatic rings. The van der Waals surface area contributed by atoms with Gasteiger partial charge in [-0.1, -0.05) is 6.92 Å². The summed E-state index contributed by atoms with van der Waals surface area (Å²) >= 11 is 0. The minimum atomic E-state index is -4.97. The van der Waals surface area contributed by atoms with Gasteiger partial charge in [-0.05, 0) is 26.8 Å². The molecule has 0 bridgehead atoms. The smallest absolute Gasteiger partial charge is 0.159 e. The molecular weight excluding hydrogens is 454 g/mol. The molecular formula is C18H29NO12S-2. The lowest BCUT2D eigenvalue weighted by Gasteiger charge is -2.54. The van der Waals surface area contributed by atoms with Gasteiger partial charge < -0.3 is 49.1 Å². The highest BCUT2D eigenvalue weighted by Gasteiger charge is 2.56. The highest BCUT2D eigenvalue weighted by atomic mass is 32.2. The number of carboxylic acids is 1. The Morgan fingerprint density at radius 2 is 1.78 bits per heavy atom. The van der Waals surface area contributed by atoms with E-state index in [1.165, 1.54) is 27.7 Å². The van der Waals surface area contributed by atoms with Crippen molar-refractivity contribution in [1.29, 1.82) is 0 Å². The molecule has 2 rings (SSSR count). The minimum absolute atomic E-state index is 0.390. The predicted molar refractivity (Wildman–Crippen MR) is 102 cm³/mol. The molecule has 2 aliphatic heterocycles. The van der Waals surface area contributed by atoms with Crippen LogP contribution in [0.25, 0.3) is 0 Å². The summed E-state index contributed by atoms with van der Waals surface area (Å²) in [6.07, 6.45) is -4.97. The number of hydrogen-bond donors (Lipinski definition) is 5. The van der Waals surface area contributed by atoms with E-state index in [2.05, 4.69) is 0 Å². The molecule has 0 aliphatic carbocycles. The first kappa shape index (κ1) is 26.9. The predicted octanol–water partition coefficient (Wildman–Crippen LogP) is -3.90. The molecule has 0 spiro atoms. The molecule has 0 saturated carbocycles. The lowest BCUT2D eigenvalue weighted by atomic mass is 9.70. The molecule has 0 aromatic carbocycles. The lowest BCUT2D eigenvalue weighted by molar-refractivity contribution is -0.307. The van der Waals surface area contributed by atoms with Crippen LogP contribution in [0.2, 0.25) is 0 Å². The molecule has 2 heterocycles. The summed E-state index contributed by atoms with van der Waals surface area (Å²) in [7, 11) is -4.97. The van der Waals surface area contributed by atoms with Crippen LogP contribution in [0, 0.1) is 5.41 Å². The van der Waals surface area contributed by atoms with Gasteiger partial charge in [0.2, 0.25) is 0 Å². The van der Waals surface area contributed by atoms with Gasteiger partial charge in [0.05, 0.1) is 43.7 Å². The van der Waals surface area contributed by atoms with Crippen molar-refractivity contribution in [3.63, 3.8) is 0 Å². The number of rotatable bonds is 8. The summed E-state index contributed by atoms with van der Waals surface area (Å²) < 4.78 is 52.2. The fourth-order valence-corrected chi connectivity index (χ4v) is 4.69. The second-order valence-corrected chi connectivity index (χ2v) is 10.2. The van der Waals surface area contributed by atoms with Crippen molar-refractivity contribution in [3.8, 4) is 0 Å². The Morgan fingerprint density at radius 3 is 2.28 bits per heavy atom. The quantitative estimate of drug-likeness (QED) is 0.209. The Morgan fingerprint density at radius 1 is 1.19 bits per heavy atom. The Labute approximate surface area is 185 Å². The van der Waals surface area contributed by atoms with E-state index in [4.69, 9.17) is 14.2 Å². The van der Waals surface area contributed by atoms with Gasteiger partial charge in [0, 0.05) is 5.41 Å². The number of ether oxygens (including phenoxy) is 3. The maximum absolute atomic E-state index is 11.3. The third-order valence-electron chi connectivity index (χ3n) is 5.98. The number of carboxylic acid groups (broad SMARTS) is 1. The fraction of sp³-hybridized carbons (Fsp3) is 0.833. The number of aliphatic carboxylic acids is 1. The average Bonchev–Trinajstić information content (AvgIpc) is 2.65. The second-order valence-electron chi connectivity index (χ2n) is 9.05. The van der Waals surface area contributed by atoms with Crippen LogP contribution < -0.4 is 9.83 Å². The third-order valence-corrected chi connectivity index (χ3v) is 6.52. The monoisotopic (exact) mass is 483 g/mol. The minimum Gasteiger partial charge on any atom is -0.735 e. The topological polar surface area (TPSA) is 218 Å². The molecule has 13 nitrogen and oxygen atoms in total. The zero-order valence-corrected chi connectivity index (χ0v) is 18.9. The van der Waals surface area contributed by atoms with Gasteiger partial charge in [0.15, 0.2) is 15.9 Å². The highest BCUT2D eigenvalue weighted by molar-refractivity contribution is 7.83. The molecule has 3 unspecified atom stereocenters. The van der Waals surface area contributed by atoms with Crippen LogP contribution in [0.1, 0.15) is 27.7 Å². The molecule has 186 valence electrons. The second kappa shape index (κ2) is 9.12.